The number of hydrogen-bond acceptors (Lipinski definition) is 3. The molecule has 3 rings (SSSR count). The van der Waals surface area contributed by atoms with Gasteiger partial charge in [0.1, 0.15) is 0 Å². The van der Waals surface area contributed by atoms with Gasteiger partial charge in [0.05, 0.1) is 11.7 Å². The summed E-state index contributed by atoms with van der Waals surface area (Å²) in [5.41, 5.74) is 2.08. The van der Waals surface area contributed by atoms with Crippen LogP contribution < -0.4 is 5.32 Å². The molecule has 0 spiro atoms. The van der Waals surface area contributed by atoms with Crippen molar-refractivity contribution in [3.63, 3.8) is 0 Å². The van der Waals surface area contributed by atoms with E-state index >= 15 is 0 Å². The van der Waals surface area contributed by atoms with Crippen molar-refractivity contribution >= 4 is 0 Å². The first kappa shape index (κ1) is 10.5. The Morgan fingerprint density at radius 2 is 2.35 bits per heavy atom. The molecule has 2 aromatic heterocycles. The van der Waals surface area contributed by atoms with Gasteiger partial charge in [0.25, 0.3) is 0 Å². The normalized spacial score (nSPS) is 20.4. The summed E-state index contributed by atoms with van der Waals surface area (Å²) in [6.07, 6.45) is 8.14. The fraction of sp³-hybridized carbons (Fsp3) is 0.385. The predicted octanol–water partition coefficient (Wildman–Crippen LogP) is 1.87. The number of nitrogens with one attached hydrogen (secondary N) is 1. The maximum Gasteiger partial charge on any atom is 0.0938 e. The lowest BCUT2D eigenvalue weighted by Crippen LogP contribution is -2.31. The summed E-state index contributed by atoms with van der Waals surface area (Å²) in [6, 6.07) is 6.54. The van der Waals surface area contributed by atoms with Crippen LogP contribution in [0.25, 0.3) is 11.3 Å². The van der Waals surface area contributed by atoms with E-state index in [0.29, 0.717) is 6.04 Å². The lowest BCUT2D eigenvalue weighted by atomic mass is 10.1. The molecule has 4 nitrogen and oxygen atoms in total. The summed E-state index contributed by atoms with van der Waals surface area (Å²) >= 11 is 0. The highest BCUT2D eigenvalue weighted by molar-refractivity contribution is 5.56. The van der Waals surface area contributed by atoms with Crippen molar-refractivity contribution in [1.29, 1.82) is 0 Å². The van der Waals surface area contributed by atoms with Gasteiger partial charge in [-0.05, 0) is 37.6 Å². The summed E-state index contributed by atoms with van der Waals surface area (Å²) in [4.78, 5) is 4.12. The third-order valence-corrected chi connectivity index (χ3v) is 3.21. The van der Waals surface area contributed by atoms with Crippen molar-refractivity contribution in [2.45, 2.75) is 18.9 Å². The first-order chi connectivity index (χ1) is 8.43. The Hall–Kier alpha value is -1.68. The first-order valence-corrected chi connectivity index (χ1v) is 6.10. The van der Waals surface area contributed by atoms with E-state index in [1.165, 1.54) is 12.8 Å². The number of piperidine rings is 1. The lowest BCUT2D eigenvalue weighted by Gasteiger charge is -2.22. The SMILES string of the molecule is c1cncc(-c2ccn([C@@H]3CCCNC3)n2)c1. The fourth-order valence-corrected chi connectivity index (χ4v) is 2.27. The van der Waals surface area contributed by atoms with Gasteiger partial charge in [-0.1, -0.05) is 0 Å². The minimum Gasteiger partial charge on any atom is -0.315 e. The van der Waals surface area contributed by atoms with Gasteiger partial charge in [0.2, 0.25) is 0 Å². The Balaban J connectivity index is 1.83. The summed E-state index contributed by atoms with van der Waals surface area (Å²) < 4.78 is 2.08. The molecule has 1 fully saturated rings. The molecule has 1 aliphatic heterocycles. The molecule has 0 radical (unpaired) electrons. The van der Waals surface area contributed by atoms with Crippen LogP contribution >= 0.6 is 0 Å². The zero-order valence-corrected chi connectivity index (χ0v) is 9.71. The zero-order chi connectivity index (χ0) is 11.5. The highest BCUT2D eigenvalue weighted by Gasteiger charge is 2.15. The molecular weight excluding hydrogens is 212 g/mol. The van der Waals surface area contributed by atoms with Crippen molar-refractivity contribution in [1.82, 2.24) is 20.1 Å². The smallest absolute Gasteiger partial charge is 0.0938 e. The van der Waals surface area contributed by atoms with E-state index in [1.807, 2.05) is 18.3 Å². The number of aromatic nitrogens is 3. The van der Waals surface area contributed by atoms with Gasteiger partial charge in [0, 0.05) is 30.7 Å². The average molecular weight is 228 g/mol. The number of rotatable bonds is 2. The fourth-order valence-electron chi connectivity index (χ4n) is 2.27. The average Bonchev–Trinajstić information content (AvgIpc) is 2.90. The van der Waals surface area contributed by atoms with Crippen LogP contribution in [0.1, 0.15) is 18.9 Å². The van der Waals surface area contributed by atoms with Gasteiger partial charge >= 0.3 is 0 Å². The highest BCUT2D eigenvalue weighted by atomic mass is 15.3. The van der Waals surface area contributed by atoms with Crippen molar-refractivity contribution in [3.05, 3.63) is 36.8 Å². The van der Waals surface area contributed by atoms with Gasteiger partial charge in [-0.15, -0.1) is 0 Å². The van der Waals surface area contributed by atoms with Crippen LogP contribution in [0.4, 0.5) is 0 Å². The molecule has 0 saturated carbocycles. The molecule has 88 valence electrons. The van der Waals surface area contributed by atoms with Gasteiger partial charge in [-0.2, -0.15) is 5.10 Å². The second-order valence-corrected chi connectivity index (χ2v) is 4.42. The Morgan fingerprint density at radius 3 is 3.12 bits per heavy atom. The van der Waals surface area contributed by atoms with Crippen molar-refractivity contribution < 1.29 is 0 Å². The standard InChI is InChI=1S/C13H16N4/c1-3-11(9-14-6-1)13-5-8-17(16-13)12-4-2-7-15-10-12/h1,3,5-6,8-9,12,15H,2,4,7,10H2/t12-/m1/s1. The number of hydrogen-bond donors (Lipinski definition) is 1. The topological polar surface area (TPSA) is 42.7 Å². The third-order valence-electron chi connectivity index (χ3n) is 3.21. The molecule has 3 heterocycles. The first-order valence-electron chi connectivity index (χ1n) is 6.10. The van der Waals surface area contributed by atoms with E-state index in [2.05, 4.69) is 32.3 Å². The Labute approximate surface area is 101 Å². The molecule has 0 unspecified atom stereocenters. The van der Waals surface area contributed by atoms with Gasteiger partial charge < -0.3 is 5.32 Å². The lowest BCUT2D eigenvalue weighted by molar-refractivity contribution is 0.347. The molecule has 2 aromatic rings. The minimum atomic E-state index is 0.495. The van der Waals surface area contributed by atoms with E-state index in [1.54, 1.807) is 6.20 Å². The minimum absolute atomic E-state index is 0.495. The van der Waals surface area contributed by atoms with Crippen LogP contribution in [0.2, 0.25) is 0 Å². The summed E-state index contributed by atoms with van der Waals surface area (Å²) in [5.74, 6) is 0. The van der Waals surface area contributed by atoms with Crippen LogP contribution in [-0.2, 0) is 0 Å². The second kappa shape index (κ2) is 4.67. The van der Waals surface area contributed by atoms with E-state index in [4.69, 9.17) is 0 Å². The van der Waals surface area contributed by atoms with Crippen molar-refractivity contribution in [3.8, 4) is 11.3 Å². The van der Waals surface area contributed by atoms with E-state index in [-0.39, 0.29) is 0 Å². The molecule has 17 heavy (non-hydrogen) atoms. The van der Waals surface area contributed by atoms with Crippen LogP contribution in [0.15, 0.2) is 36.8 Å². The molecule has 0 aliphatic carbocycles. The Kier molecular flexibility index (Phi) is 2.88. The van der Waals surface area contributed by atoms with Crippen LogP contribution in [-0.4, -0.2) is 27.9 Å². The van der Waals surface area contributed by atoms with Crippen LogP contribution in [0, 0.1) is 0 Å². The molecule has 1 aliphatic rings. The molecule has 0 aromatic carbocycles. The molecule has 1 N–H and O–H groups in total. The summed E-state index contributed by atoms with van der Waals surface area (Å²) in [5, 5.41) is 8.05. The maximum atomic E-state index is 4.64. The molecule has 0 bridgehead atoms. The van der Waals surface area contributed by atoms with E-state index in [0.717, 1.165) is 24.3 Å². The highest BCUT2D eigenvalue weighted by Crippen LogP contribution is 2.20. The van der Waals surface area contributed by atoms with E-state index in [9.17, 15) is 0 Å². The van der Waals surface area contributed by atoms with Crippen molar-refractivity contribution in [2.75, 3.05) is 13.1 Å². The van der Waals surface area contributed by atoms with Gasteiger partial charge in [-0.3, -0.25) is 9.67 Å². The molecular formula is C13H16N4. The third kappa shape index (κ3) is 2.22. The zero-order valence-electron chi connectivity index (χ0n) is 9.71. The van der Waals surface area contributed by atoms with Crippen LogP contribution in [0.5, 0.6) is 0 Å². The summed E-state index contributed by atoms with van der Waals surface area (Å²) in [6.45, 7) is 2.15. The summed E-state index contributed by atoms with van der Waals surface area (Å²) in [7, 11) is 0. The number of pyridine rings is 1. The van der Waals surface area contributed by atoms with Crippen LogP contribution in [0.3, 0.4) is 0 Å². The van der Waals surface area contributed by atoms with Gasteiger partial charge in [0.15, 0.2) is 0 Å². The van der Waals surface area contributed by atoms with Gasteiger partial charge in [-0.25, -0.2) is 0 Å². The monoisotopic (exact) mass is 228 g/mol. The molecule has 1 saturated heterocycles. The molecule has 1 atom stereocenters. The molecule has 4 heteroatoms. The predicted molar refractivity (Wildman–Crippen MR) is 66.6 cm³/mol. The maximum absolute atomic E-state index is 4.64. The second-order valence-electron chi connectivity index (χ2n) is 4.42. The molecule has 0 amide bonds. The Morgan fingerprint density at radius 1 is 1.35 bits per heavy atom. The largest absolute Gasteiger partial charge is 0.315 e. The van der Waals surface area contributed by atoms with E-state index < -0.39 is 0 Å². The quantitative estimate of drug-likeness (QED) is 0.853. The number of nitrogens with zero attached hydrogens (tertiary/aromatic N) is 3. The Bertz CT molecular complexity index is 471. The van der Waals surface area contributed by atoms with Crippen molar-refractivity contribution in [2.24, 2.45) is 0 Å².